The molecule has 48 heavy (non-hydrogen) atoms. The average molecular weight is 712 g/mol. The molecule has 2 aromatic rings. The standard InChI is InChI=1S/C21H24N2O2.C18H19BrN2O2/c1-14(2)15-5-6-16-12-19(24)18(13-22)20(17(16)11-15)23-9-7-21(3,25-4)8-10-23;1-18(23-2)5-7-21(8-6-18)17-14-10-13(19)4-3-12(14)9-16(22)15(17)11-20/h5-6,11H,1,7-10,12H2,2-4H3;3-4,10H,5-9H2,1-2H3. The van der Waals surface area contributed by atoms with Crippen LogP contribution in [0.5, 0.6) is 0 Å². The van der Waals surface area contributed by atoms with Gasteiger partial charge in [0.2, 0.25) is 0 Å². The summed E-state index contributed by atoms with van der Waals surface area (Å²) in [7, 11) is 3.49. The van der Waals surface area contributed by atoms with E-state index in [4.69, 9.17) is 9.47 Å². The summed E-state index contributed by atoms with van der Waals surface area (Å²) in [5, 5.41) is 19.1. The van der Waals surface area contributed by atoms with E-state index < -0.39 is 0 Å². The minimum absolute atomic E-state index is 0.0857. The van der Waals surface area contributed by atoms with Crippen LogP contribution in [0.15, 0.2) is 58.6 Å². The van der Waals surface area contributed by atoms with Gasteiger partial charge in [0.25, 0.3) is 0 Å². The number of carbonyl (C=O) groups is 2. The number of ether oxygens (including phenoxy) is 2. The van der Waals surface area contributed by atoms with Crippen LogP contribution in [0.2, 0.25) is 0 Å². The molecule has 4 aliphatic rings. The van der Waals surface area contributed by atoms with Crippen molar-refractivity contribution in [3.8, 4) is 12.1 Å². The highest BCUT2D eigenvalue weighted by Crippen LogP contribution is 2.39. The fourth-order valence-corrected chi connectivity index (χ4v) is 7.26. The lowest BCUT2D eigenvalue weighted by molar-refractivity contribution is -0.115. The van der Waals surface area contributed by atoms with Gasteiger partial charge in [0, 0.05) is 68.8 Å². The van der Waals surface area contributed by atoms with Crippen LogP contribution < -0.4 is 0 Å². The number of ketones is 2. The predicted molar refractivity (Wildman–Crippen MR) is 190 cm³/mol. The number of likely N-dealkylation sites (tertiary alicyclic amines) is 2. The summed E-state index contributed by atoms with van der Waals surface area (Å²) in [6, 6.07) is 16.3. The molecule has 0 aromatic heterocycles. The second-order valence-electron chi connectivity index (χ2n) is 13.6. The number of hydrogen-bond donors (Lipinski definition) is 0. The van der Waals surface area contributed by atoms with Crippen LogP contribution in [-0.4, -0.2) is 73.0 Å². The Balaban J connectivity index is 0.000000188. The lowest BCUT2D eigenvalue weighted by Gasteiger charge is -2.41. The molecular formula is C39H43BrN4O4. The predicted octanol–water partition coefficient (Wildman–Crippen LogP) is 6.89. The molecule has 8 nitrogen and oxygen atoms in total. The molecule has 0 amide bonds. The molecule has 9 heteroatoms. The van der Waals surface area contributed by atoms with Gasteiger partial charge < -0.3 is 19.3 Å². The number of benzene rings is 2. The molecule has 250 valence electrons. The molecule has 6 rings (SSSR count). The Bertz CT molecular complexity index is 1790. The second-order valence-corrected chi connectivity index (χ2v) is 14.5. The number of halogens is 1. The molecule has 0 radical (unpaired) electrons. The number of fused-ring (bicyclic) bond motifs is 2. The van der Waals surface area contributed by atoms with Crippen LogP contribution in [0.4, 0.5) is 0 Å². The maximum atomic E-state index is 12.5. The van der Waals surface area contributed by atoms with Crippen molar-refractivity contribution >= 4 is 44.5 Å². The van der Waals surface area contributed by atoms with Gasteiger partial charge in [-0.2, -0.15) is 10.5 Å². The van der Waals surface area contributed by atoms with E-state index in [2.05, 4.69) is 64.4 Å². The van der Waals surface area contributed by atoms with Crippen LogP contribution in [-0.2, 0) is 31.9 Å². The van der Waals surface area contributed by atoms with Gasteiger partial charge in [0.05, 0.1) is 22.6 Å². The number of methoxy groups -OCH3 is 2. The van der Waals surface area contributed by atoms with Crippen molar-refractivity contribution in [1.82, 2.24) is 9.80 Å². The Labute approximate surface area is 292 Å². The molecule has 0 unspecified atom stereocenters. The molecule has 0 spiro atoms. The smallest absolute Gasteiger partial charge is 0.179 e. The molecule has 0 atom stereocenters. The summed E-state index contributed by atoms with van der Waals surface area (Å²) in [6.45, 7) is 13.3. The highest BCUT2D eigenvalue weighted by Gasteiger charge is 2.37. The number of Topliss-reactive ketones (excluding diaryl/α,β-unsaturated/α-hetero) is 2. The fourth-order valence-electron chi connectivity index (χ4n) is 6.90. The van der Waals surface area contributed by atoms with Gasteiger partial charge in [-0.15, -0.1) is 0 Å². The summed E-state index contributed by atoms with van der Waals surface area (Å²) in [5.74, 6) is -0.175. The van der Waals surface area contributed by atoms with E-state index in [1.165, 1.54) is 0 Å². The van der Waals surface area contributed by atoms with E-state index in [1.54, 1.807) is 14.2 Å². The topological polar surface area (TPSA) is 107 Å². The zero-order valence-corrected chi connectivity index (χ0v) is 30.1. The lowest BCUT2D eigenvalue weighted by atomic mass is 9.84. The third kappa shape index (κ3) is 7.05. The normalized spacial score (nSPS) is 19.8. The van der Waals surface area contributed by atoms with Gasteiger partial charge in [-0.3, -0.25) is 9.59 Å². The largest absolute Gasteiger partial charge is 0.378 e. The van der Waals surface area contributed by atoms with Crippen LogP contribution in [0.1, 0.15) is 74.3 Å². The minimum Gasteiger partial charge on any atom is -0.378 e. The first kappa shape index (κ1) is 35.3. The van der Waals surface area contributed by atoms with E-state index in [0.29, 0.717) is 12.8 Å². The first-order valence-electron chi connectivity index (χ1n) is 16.4. The summed E-state index contributed by atoms with van der Waals surface area (Å²) in [4.78, 5) is 29.2. The summed E-state index contributed by atoms with van der Waals surface area (Å²) in [5.41, 5.74) is 7.89. The number of piperidine rings is 2. The van der Waals surface area contributed by atoms with Crippen molar-refractivity contribution in [1.29, 1.82) is 10.5 Å². The Morgan fingerprint density at radius 2 is 1.19 bits per heavy atom. The highest BCUT2D eigenvalue weighted by atomic mass is 79.9. The van der Waals surface area contributed by atoms with Gasteiger partial charge in [-0.25, -0.2) is 0 Å². The van der Waals surface area contributed by atoms with Crippen LogP contribution >= 0.6 is 15.9 Å². The van der Waals surface area contributed by atoms with Crippen molar-refractivity contribution in [2.75, 3.05) is 40.4 Å². The zero-order chi connectivity index (χ0) is 34.8. The van der Waals surface area contributed by atoms with Gasteiger partial charge in [-0.05, 0) is 81.3 Å². The van der Waals surface area contributed by atoms with Crippen molar-refractivity contribution < 1.29 is 19.1 Å². The molecule has 2 fully saturated rings. The number of hydrogen-bond acceptors (Lipinski definition) is 8. The Morgan fingerprint density at radius 3 is 1.58 bits per heavy atom. The number of rotatable bonds is 5. The third-order valence-electron chi connectivity index (χ3n) is 10.4. The van der Waals surface area contributed by atoms with E-state index in [9.17, 15) is 20.1 Å². The van der Waals surface area contributed by atoms with Crippen molar-refractivity contribution in [2.45, 2.75) is 70.5 Å². The van der Waals surface area contributed by atoms with Crippen molar-refractivity contribution in [3.05, 3.63) is 86.4 Å². The molecular weight excluding hydrogens is 668 g/mol. The van der Waals surface area contributed by atoms with E-state index in [1.807, 2.05) is 37.3 Å². The van der Waals surface area contributed by atoms with Crippen molar-refractivity contribution in [3.63, 3.8) is 0 Å². The Hall–Kier alpha value is -4.02. The molecule has 2 saturated heterocycles. The maximum absolute atomic E-state index is 12.5. The van der Waals surface area contributed by atoms with E-state index >= 15 is 0 Å². The zero-order valence-electron chi connectivity index (χ0n) is 28.5. The number of allylic oxidation sites excluding steroid dienone is 3. The molecule has 2 aliphatic heterocycles. The molecule has 2 aliphatic carbocycles. The average Bonchev–Trinajstić information content (AvgIpc) is 3.08. The first-order valence-corrected chi connectivity index (χ1v) is 17.2. The minimum atomic E-state index is -0.134. The molecule has 2 heterocycles. The van der Waals surface area contributed by atoms with Crippen LogP contribution in [0, 0.1) is 22.7 Å². The van der Waals surface area contributed by atoms with E-state index in [-0.39, 0.29) is 33.9 Å². The molecule has 0 bridgehead atoms. The SMILES string of the molecule is C=C(C)c1ccc2c(c1)C(N1CCC(C)(OC)CC1)=C(C#N)C(=O)C2.COC1(C)CCN(C2=C(C#N)C(=O)Cc3ccc(Br)cc32)CC1. The van der Waals surface area contributed by atoms with Crippen LogP contribution in [0.3, 0.4) is 0 Å². The third-order valence-corrected chi connectivity index (χ3v) is 10.9. The monoisotopic (exact) mass is 710 g/mol. The van der Waals surface area contributed by atoms with Crippen LogP contribution in [0.25, 0.3) is 17.0 Å². The Kier molecular flexibility index (Phi) is 10.5. The van der Waals surface area contributed by atoms with Gasteiger partial charge in [0.15, 0.2) is 11.6 Å². The molecule has 2 aromatic carbocycles. The summed E-state index contributed by atoms with van der Waals surface area (Å²) in [6.07, 6.45) is 4.09. The fraction of sp³-hybridized carbons (Fsp3) is 0.436. The summed E-state index contributed by atoms with van der Waals surface area (Å²) >= 11 is 3.50. The number of nitrogens with zero attached hydrogens (tertiary/aromatic N) is 4. The Morgan fingerprint density at radius 1 is 0.771 bits per heavy atom. The first-order chi connectivity index (χ1) is 22.9. The summed E-state index contributed by atoms with van der Waals surface area (Å²) < 4.78 is 12.2. The van der Waals surface area contributed by atoms with E-state index in [0.717, 1.165) is 101 Å². The lowest BCUT2D eigenvalue weighted by Crippen LogP contribution is -2.43. The highest BCUT2D eigenvalue weighted by molar-refractivity contribution is 9.10. The number of carbonyl (C=O) groups excluding carboxylic acids is 2. The molecule has 0 saturated carbocycles. The van der Waals surface area contributed by atoms with Gasteiger partial charge in [-0.1, -0.05) is 46.3 Å². The maximum Gasteiger partial charge on any atom is 0.179 e. The van der Waals surface area contributed by atoms with Crippen molar-refractivity contribution in [2.24, 2.45) is 0 Å². The molecule has 0 N–H and O–H groups in total. The second kappa shape index (κ2) is 14.2. The van der Waals surface area contributed by atoms with Gasteiger partial charge in [0.1, 0.15) is 23.3 Å². The quantitative estimate of drug-likeness (QED) is 0.330. The van der Waals surface area contributed by atoms with Gasteiger partial charge >= 0.3 is 0 Å². The number of nitriles is 2.